The third-order valence-corrected chi connectivity index (χ3v) is 5.95. The van der Waals surface area contributed by atoms with Crippen LogP contribution in [0, 0.1) is 6.92 Å². The molecule has 146 valence electrons. The Hall–Kier alpha value is -2.76. The summed E-state index contributed by atoms with van der Waals surface area (Å²) in [4.78, 5) is 23.9. The molecular formula is C23H20ClN3OS. The van der Waals surface area contributed by atoms with Crippen LogP contribution in [-0.2, 0) is 17.8 Å². The van der Waals surface area contributed by atoms with Gasteiger partial charge >= 0.3 is 0 Å². The molecule has 29 heavy (non-hydrogen) atoms. The number of carbonyl (C=O) groups excluding carboxylic acids is 1. The predicted octanol–water partition coefficient (Wildman–Crippen LogP) is 5.82. The number of pyridine rings is 1. The van der Waals surface area contributed by atoms with Crippen molar-refractivity contribution in [3.63, 3.8) is 0 Å². The third kappa shape index (κ3) is 4.63. The largest absolute Gasteiger partial charge is 0.284 e. The number of fused-ring (bicyclic) bond motifs is 1. The number of thiazole rings is 1. The van der Waals surface area contributed by atoms with Gasteiger partial charge in [0, 0.05) is 23.8 Å². The maximum atomic E-state index is 13.2. The van der Waals surface area contributed by atoms with E-state index in [4.69, 9.17) is 16.6 Å². The Morgan fingerprint density at radius 1 is 1.10 bits per heavy atom. The summed E-state index contributed by atoms with van der Waals surface area (Å²) in [5.41, 5.74) is 4.01. The van der Waals surface area contributed by atoms with Gasteiger partial charge in [0.25, 0.3) is 0 Å². The summed E-state index contributed by atoms with van der Waals surface area (Å²) in [7, 11) is 0. The van der Waals surface area contributed by atoms with Gasteiger partial charge in [-0.25, -0.2) is 4.98 Å². The number of benzene rings is 2. The van der Waals surface area contributed by atoms with E-state index in [2.05, 4.69) is 4.98 Å². The molecule has 0 bridgehead atoms. The quantitative estimate of drug-likeness (QED) is 0.394. The number of halogens is 1. The number of hydrogen-bond donors (Lipinski definition) is 0. The number of aromatic nitrogens is 2. The number of aryl methyl sites for hydroxylation is 2. The minimum absolute atomic E-state index is 0.0421. The first-order valence-electron chi connectivity index (χ1n) is 9.40. The van der Waals surface area contributed by atoms with Gasteiger partial charge < -0.3 is 0 Å². The highest BCUT2D eigenvalue weighted by Gasteiger charge is 2.21. The van der Waals surface area contributed by atoms with E-state index >= 15 is 0 Å². The van der Waals surface area contributed by atoms with Crippen LogP contribution in [0.4, 0.5) is 5.13 Å². The minimum atomic E-state index is 0.0421. The number of hydrogen-bond acceptors (Lipinski definition) is 4. The van der Waals surface area contributed by atoms with E-state index in [0.29, 0.717) is 29.5 Å². The molecule has 0 aliphatic rings. The first-order valence-corrected chi connectivity index (χ1v) is 10.6. The van der Waals surface area contributed by atoms with E-state index in [1.54, 1.807) is 17.3 Å². The summed E-state index contributed by atoms with van der Waals surface area (Å²) >= 11 is 7.70. The normalized spacial score (nSPS) is 11.0. The van der Waals surface area contributed by atoms with E-state index in [-0.39, 0.29) is 5.91 Å². The average molecular weight is 422 g/mol. The van der Waals surface area contributed by atoms with Gasteiger partial charge in [0.1, 0.15) is 0 Å². The van der Waals surface area contributed by atoms with Crippen molar-refractivity contribution in [2.24, 2.45) is 0 Å². The van der Waals surface area contributed by atoms with Crippen molar-refractivity contribution < 1.29 is 4.79 Å². The van der Waals surface area contributed by atoms with Crippen molar-refractivity contribution in [2.45, 2.75) is 26.3 Å². The van der Waals surface area contributed by atoms with Crippen LogP contribution in [0.3, 0.4) is 0 Å². The van der Waals surface area contributed by atoms with Gasteiger partial charge in [-0.3, -0.25) is 14.7 Å². The molecule has 0 aliphatic heterocycles. The van der Waals surface area contributed by atoms with E-state index in [1.165, 1.54) is 11.3 Å². The first-order chi connectivity index (χ1) is 14.1. The highest BCUT2D eigenvalue weighted by molar-refractivity contribution is 7.22. The lowest BCUT2D eigenvalue weighted by Crippen LogP contribution is -2.30. The zero-order valence-corrected chi connectivity index (χ0v) is 17.6. The lowest BCUT2D eigenvalue weighted by Gasteiger charge is -2.20. The Balaban J connectivity index is 1.64. The molecule has 2 aromatic carbocycles. The van der Waals surface area contributed by atoms with Crippen molar-refractivity contribution in [1.82, 2.24) is 9.97 Å². The van der Waals surface area contributed by atoms with Gasteiger partial charge in [-0.2, -0.15) is 0 Å². The van der Waals surface area contributed by atoms with Crippen molar-refractivity contribution in [3.8, 4) is 0 Å². The predicted molar refractivity (Wildman–Crippen MR) is 120 cm³/mol. The highest BCUT2D eigenvalue weighted by Crippen LogP contribution is 2.34. The molecule has 0 unspecified atom stereocenters. The van der Waals surface area contributed by atoms with Crippen LogP contribution in [0.15, 0.2) is 67.0 Å². The van der Waals surface area contributed by atoms with Gasteiger partial charge in [-0.15, -0.1) is 0 Å². The van der Waals surface area contributed by atoms with Crippen molar-refractivity contribution in [3.05, 3.63) is 88.7 Å². The Kier molecular flexibility index (Phi) is 5.88. The summed E-state index contributed by atoms with van der Waals surface area (Å²) in [5.74, 6) is 0.0421. The van der Waals surface area contributed by atoms with Crippen LogP contribution in [0.25, 0.3) is 10.2 Å². The lowest BCUT2D eigenvalue weighted by molar-refractivity contribution is -0.118. The summed E-state index contributed by atoms with van der Waals surface area (Å²) in [5, 5.41) is 1.37. The van der Waals surface area contributed by atoms with Crippen LogP contribution in [0.2, 0.25) is 5.02 Å². The molecule has 1 amide bonds. The smallest absolute Gasteiger partial charge is 0.229 e. The van der Waals surface area contributed by atoms with Crippen LogP contribution >= 0.6 is 22.9 Å². The van der Waals surface area contributed by atoms with Gasteiger partial charge in [0.15, 0.2) is 5.13 Å². The molecule has 4 rings (SSSR count). The third-order valence-electron chi connectivity index (χ3n) is 4.70. The van der Waals surface area contributed by atoms with Gasteiger partial charge in [-0.1, -0.05) is 59.3 Å². The molecular weight excluding hydrogens is 402 g/mol. The molecule has 0 N–H and O–H groups in total. The van der Waals surface area contributed by atoms with E-state index < -0.39 is 0 Å². The Morgan fingerprint density at radius 3 is 2.66 bits per heavy atom. The summed E-state index contributed by atoms with van der Waals surface area (Å²) in [6.07, 6.45) is 4.62. The molecule has 4 aromatic rings. The highest BCUT2D eigenvalue weighted by atomic mass is 35.5. The van der Waals surface area contributed by atoms with Crippen molar-refractivity contribution in [1.29, 1.82) is 0 Å². The molecule has 0 atom stereocenters. The number of amides is 1. The van der Waals surface area contributed by atoms with E-state index in [1.807, 2.05) is 61.5 Å². The van der Waals surface area contributed by atoms with Gasteiger partial charge in [0.05, 0.1) is 16.8 Å². The van der Waals surface area contributed by atoms with E-state index in [9.17, 15) is 4.79 Å². The van der Waals surface area contributed by atoms with Gasteiger partial charge in [0.2, 0.25) is 5.91 Å². The summed E-state index contributed by atoms with van der Waals surface area (Å²) < 4.78 is 0.983. The zero-order valence-electron chi connectivity index (χ0n) is 16.0. The Morgan fingerprint density at radius 2 is 1.90 bits per heavy atom. The van der Waals surface area contributed by atoms with Crippen molar-refractivity contribution >= 4 is 44.2 Å². The van der Waals surface area contributed by atoms with Gasteiger partial charge in [-0.05, 0) is 48.2 Å². The van der Waals surface area contributed by atoms with Crippen LogP contribution < -0.4 is 4.90 Å². The molecule has 0 saturated carbocycles. The number of anilines is 1. The zero-order chi connectivity index (χ0) is 20.2. The molecule has 0 fully saturated rings. The topological polar surface area (TPSA) is 46.1 Å². The molecule has 2 aromatic heterocycles. The molecule has 0 radical (unpaired) electrons. The molecule has 0 spiro atoms. The fraction of sp³-hybridized carbons (Fsp3) is 0.174. The first kappa shape index (κ1) is 19.6. The van der Waals surface area contributed by atoms with Crippen LogP contribution in [-0.4, -0.2) is 15.9 Å². The summed E-state index contributed by atoms with van der Waals surface area (Å²) in [6, 6.07) is 17.7. The number of rotatable bonds is 6. The second-order valence-electron chi connectivity index (χ2n) is 6.89. The van der Waals surface area contributed by atoms with Crippen LogP contribution in [0.1, 0.15) is 23.1 Å². The van der Waals surface area contributed by atoms with Crippen LogP contribution in [0.5, 0.6) is 0 Å². The minimum Gasteiger partial charge on any atom is -0.284 e. The second kappa shape index (κ2) is 8.72. The SMILES string of the molecule is Cc1cc(Cl)cc2sc(N(Cc3cccnc3)C(=O)CCc3ccccc3)nc12. The maximum absolute atomic E-state index is 13.2. The lowest BCUT2D eigenvalue weighted by atomic mass is 10.1. The molecule has 6 heteroatoms. The van der Waals surface area contributed by atoms with Crippen molar-refractivity contribution in [2.75, 3.05) is 4.90 Å². The Labute approximate surface area is 178 Å². The maximum Gasteiger partial charge on any atom is 0.229 e. The fourth-order valence-corrected chi connectivity index (χ4v) is 4.66. The molecule has 0 aliphatic carbocycles. The molecule has 2 heterocycles. The monoisotopic (exact) mass is 421 g/mol. The van der Waals surface area contributed by atoms with E-state index in [0.717, 1.165) is 26.9 Å². The molecule has 0 saturated heterocycles. The summed E-state index contributed by atoms with van der Waals surface area (Å²) in [6.45, 7) is 2.43. The number of carbonyl (C=O) groups is 1. The second-order valence-corrected chi connectivity index (χ2v) is 8.34. The Bertz CT molecular complexity index is 1130. The molecule has 4 nitrogen and oxygen atoms in total. The standard InChI is InChI=1S/C23H20ClN3OS/c1-16-12-19(24)13-20-22(16)26-23(29-20)27(15-18-8-5-11-25-14-18)21(28)10-9-17-6-3-2-4-7-17/h2-8,11-14H,9-10,15H2,1H3. The number of nitrogens with zero attached hydrogens (tertiary/aromatic N) is 3. The average Bonchev–Trinajstić information content (AvgIpc) is 3.16. The fourth-order valence-electron chi connectivity index (χ4n) is 3.23.